The Morgan fingerprint density at radius 3 is 2.84 bits per heavy atom. The number of hydrogen-bond acceptors (Lipinski definition) is 5. The number of carbonyl (C=O) groups excluding carboxylic acids is 1. The van der Waals surface area contributed by atoms with Crippen LogP contribution in [-0.4, -0.2) is 35.2 Å². The van der Waals surface area contributed by atoms with Gasteiger partial charge in [0.25, 0.3) is 5.91 Å². The van der Waals surface area contributed by atoms with Gasteiger partial charge in [-0.05, 0) is 25.1 Å². The molecule has 0 aliphatic carbocycles. The molecule has 104 valence electrons. The Kier molecular flexibility index (Phi) is 4.99. The molecule has 0 aliphatic rings. The van der Waals surface area contributed by atoms with Crippen molar-refractivity contribution in [3.63, 3.8) is 0 Å². The van der Waals surface area contributed by atoms with Crippen LogP contribution in [-0.2, 0) is 0 Å². The van der Waals surface area contributed by atoms with E-state index in [0.29, 0.717) is 5.75 Å². The van der Waals surface area contributed by atoms with Gasteiger partial charge in [0.15, 0.2) is 0 Å². The SMILES string of the molecule is COc1ccc(O)c(C(=O)NC(C)CC(N)=NO)c1. The molecule has 0 saturated carbocycles. The Morgan fingerprint density at radius 2 is 2.26 bits per heavy atom. The molecule has 0 bridgehead atoms. The highest BCUT2D eigenvalue weighted by Gasteiger charge is 2.15. The summed E-state index contributed by atoms with van der Waals surface area (Å²) in [5.74, 6) is -0.126. The van der Waals surface area contributed by atoms with E-state index in [-0.39, 0.29) is 29.6 Å². The molecule has 19 heavy (non-hydrogen) atoms. The van der Waals surface area contributed by atoms with Gasteiger partial charge in [-0.25, -0.2) is 0 Å². The lowest BCUT2D eigenvalue weighted by molar-refractivity contribution is 0.0938. The highest BCUT2D eigenvalue weighted by molar-refractivity contribution is 5.97. The Labute approximate surface area is 110 Å². The van der Waals surface area contributed by atoms with E-state index >= 15 is 0 Å². The van der Waals surface area contributed by atoms with Crippen molar-refractivity contribution in [3.05, 3.63) is 23.8 Å². The van der Waals surface area contributed by atoms with Gasteiger partial charge in [0.2, 0.25) is 0 Å². The molecule has 0 radical (unpaired) electrons. The highest BCUT2D eigenvalue weighted by Crippen LogP contribution is 2.22. The Balaban J connectivity index is 2.78. The first kappa shape index (κ1) is 14.6. The first-order valence-electron chi connectivity index (χ1n) is 5.62. The Bertz CT molecular complexity index is 488. The molecule has 7 nitrogen and oxygen atoms in total. The maximum atomic E-state index is 11.9. The zero-order valence-corrected chi connectivity index (χ0v) is 10.8. The molecule has 0 heterocycles. The van der Waals surface area contributed by atoms with Crippen LogP contribution in [0.1, 0.15) is 23.7 Å². The number of phenolic OH excluding ortho intramolecular Hbond substituents is 1. The fourth-order valence-corrected chi connectivity index (χ4v) is 1.53. The molecular formula is C12H17N3O4. The van der Waals surface area contributed by atoms with Gasteiger partial charge < -0.3 is 26.1 Å². The van der Waals surface area contributed by atoms with Gasteiger partial charge in [-0.15, -0.1) is 0 Å². The zero-order chi connectivity index (χ0) is 14.4. The van der Waals surface area contributed by atoms with Gasteiger partial charge in [-0.2, -0.15) is 0 Å². The third-order valence-electron chi connectivity index (χ3n) is 2.47. The van der Waals surface area contributed by atoms with Crippen molar-refractivity contribution in [1.29, 1.82) is 0 Å². The zero-order valence-electron chi connectivity index (χ0n) is 10.8. The van der Waals surface area contributed by atoms with E-state index in [9.17, 15) is 9.90 Å². The first-order valence-corrected chi connectivity index (χ1v) is 5.62. The number of carbonyl (C=O) groups is 1. The third-order valence-corrected chi connectivity index (χ3v) is 2.47. The highest BCUT2D eigenvalue weighted by atomic mass is 16.5. The lowest BCUT2D eigenvalue weighted by Crippen LogP contribution is -2.35. The predicted molar refractivity (Wildman–Crippen MR) is 69.6 cm³/mol. The molecule has 1 atom stereocenters. The number of amides is 1. The van der Waals surface area contributed by atoms with E-state index in [2.05, 4.69) is 10.5 Å². The van der Waals surface area contributed by atoms with Crippen molar-refractivity contribution in [3.8, 4) is 11.5 Å². The average Bonchev–Trinajstić information content (AvgIpc) is 2.38. The number of methoxy groups -OCH3 is 1. The Morgan fingerprint density at radius 1 is 1.58 bits per heavy atom. The molecule has 7 heteroatoms. The van der Waals surface area contributed by atoms with Crippen LogP contribution >= 0.6 is 0 Å². The van der Waals surface area contributed by atoms with Crippen molar-refractivity contribution < 1.29 is 19.8 Å². The topological polar surface area (TPSA) is 117 Å². The van der Waals surface area contributed by atoms with E-state index in [4.69, 9.17) is 15.7 Å². The van der Waals surface area contributed by atoms with E-state index in [1.54, 1.807) is 13.0 Å². The van der Waals surface area contributed by atoms with Gasteiger partial charge in [-0.3, -0.25) is 4.79 Å². The van der Waals surface area contributed by atoms with E-state index in [1.165, 1.54) is 19.2 Å². The number of amidine groups is 1. The maximum Gasteiger partial charge on any atom is 0.255 e. The van der Waals surface area contributed by atoms with Crippen molar-refractivity contribution in [2.75, 3.05) is 7.11 Å². The van der Waals surface area contributed by atoms with Crippen LogP contribution in [0.5, 0.6) is 11.5 Å². The smallest absolute Gasteiger partial charge is 0.255 e. The van der Waals surface area contributed by atoms with Crippen molar-refractivity contribution >= 4 is 11.7 Å². The first-order chi connectivity index (χ1) is 8.97. The molecule has 0 aliphatic heterocycles. The van der Waals surface area contributed by atoms with Gasteiger partial charge in [0, 0.05) is 12.5 Å². The maximum absolute atomic E-state index is 11.9. The molecule has 0 aromatic heterocycles. The minimum atomic E-state index is -0.463. The van der Waals surface area contributed by atoms with E-state index < -0.39 is 5.91 Å². The number of ether oxygens (including phenoxy) is 1. The average molecular weight is 267 g/mol. The van der Waals surface area contributed by atoms with Crippen molar-refractivity contribution in [2.45, 2.75) is 19.4 Å². The normalized spacial score (nSPS) is 12.8. The number of nitrogens with zero attached hydrogens (tertiary/aromatic N) is 1. The summed E-state index contributed by atoms with van der Waals surface area (Å²) in [4.78, 5) is 11.9. The molecule has 1 unspecified atom stereocenters. The monoisotopic (exact) mass is 267 g/mol. The number of aromatic hydroxyl groups is 1. The summed E-state index contributed by atoms with van der Waals surface area (Å²) >= 11 is 0. The summed E-state index contributed by atoms with van der Waals surface area (Å²) in [7, 11) is 1.47. The molecule has 1 aromatic carbocycles. The summed E-state index contributed by atoms with van der Waals surface area (Å²) in [6.07, 6.45) is 0.201. The van der Waals surface area contributed by atoms with Gasteiger partial charge in [0.05, 0.1) is 12.7 Å². The summed E-state index contributed by atoms with van der Waals surface area (Å²) in [6.45, 7) is 1.70. The van der Waals surface area contributed by atoms with Crippen LogP contribution in [0.3, 0.4) is 0 Å². The summed E-state index contributed by atoms with van der Waals surface area (Å²) in [5, 5.41) is 23.5. The lowest BCUT2D eigenvalue weighted by atomic mass is 10.1. The second-order valence-corrected chi connectivity index (χ2v) is 4.05. The van der Waals surface area contributed by atoms with Crippen molar-refractivity contribution in [2.24, 2.45) is 10.9 Å². The Hall–Kier alpha value is -2.44. The molecule has 0 fully saturated rings. The standard InChI is InChI=1S/C12H17N3O4/c1-7(5-11(13)15-18)14-12(17)9-6-8(19-2)3-4-10(9)16/h3-4,6-7,16,18H,5H2,1-2H3,(H2,13,15)(H,14,17). The molecule has 1 aromatic rings. The molecule has 5 N–H and O–H groups in total. The van der Waals surface area contributed by atoms with Crippen LogP contribution in [0, 0.1) is 0 Å². The van der Waals surface area contributed by atoms with E-state index in [0.717, 1.165) is 0 Å². The number of oxime groups is 1. The second kappa shape index (κ2) is 6.48. The fraction of sp³-hybridized carbons (Fsp3) is 0.333. The summed E-state index contributed by atoms with van der Waals surface area (Å²) in [6, 6.07) is 4.02. The van der Waals surface area contributed by atoms with Crippen molar-refractivity contribution in [1.82, 2.24) is 5.32 Å². The predicted octanol–water partition coefficient (Wildman–Crippen LogP) is 0.656. The molecule has 1 amide bonds. The molecule has 1 rings (SSSR count). The summed E-state index contributed by atoms with van der Waals surface area (Å²) in [5.41, 5.74) is 5.45. The number of rotatable bonds is 5. The van der Waals surface area contributed by atoms with Crippen LogP contribution in [0.4, 0.5) is 0 Å². The number of phenols is 1. The third kappa shape index (κ3) is 4.06. The second-order valence-electron chi connectivity index (χ2n) is 4.05. The van der Waals surface area contributed by atoms with Gasteiger partial charge in [0.1, 0.15) is 17.3 Å². The van der Waals surface area contributed by atoms with Crippen LogP contribution in [0.25, 0.3) is 0 Å². The minimum Gasteiger partial charge on any atom is -0.507 e. The quantitative estimate of drug-likeness (QED) is 0.270. The lowest BCUT2D eigenvalue weighted by Gasteiger charge is -2.14. The molecule has 0 saturated heterocycles. The fourth-order valence-electron chi connectivity index (χ4n) is 1.53. The number of nitrogens with two attached hydrogens (primary N) is 1. The minimum absolute atomic E-state index is 0.0164. The molecular weight excluding hydrogens is 250 g/mol. The van der Waals surface area contributed by atoms with Crippen LogP contribution in [0.2, 0.25) is 0 Å². The van der Waals surface area contributed by atoms with Gasteiger partial charge >= 0.3 is 0 Å². The van der Waals surface area contributed by atoms with E-state index in [1.807, 2.05) is 0 Å². The number of benzene rings is 1. The van der Waals surface area contributed by atoms with Crippen LogP contribution < -0.4 is 15.8 Å². The summed E-state index contributed by atoms with van der Waals surface area (Å²) < 4.78 is 4.98. The number of hydrogen-bond donors (Lipinski definition) is 4. The number of nitrogens with one attached hydrogen (secondary N) is 1. The van der Waals surface area contributed by atoms with Gasteiger partial charge in [-0.1, -0.05) is 5.16 Å². The van der Waals surface area contributed by atoms with Crippen LogP contribution in [0.15, 0.2) is 23.4 Å². The molecule has 0 spiro atoms. The largest absolute Gasteiger partial charge is 0.507 e.